The Morgan fingerprint density at radius 3 is 2.23 bits per heavy atom. The van der Waals surface area contributed by atoms with E-state index < -0.39 is 0 Å². The van der Waals surface area contributed by atoms with Crippen molar-refractivity contribution in [3.63, 3.8) is 0 Å². The first-order valence-electron chi connectivity index (χ1n) is 5.39. The molecule has 0 aromatic carbocycles. The van der Waals surface area contributed by atoms with Gasteiger partial charge in [0.05, 0.1) is 6.04 Å². The molecular formula is C11H23NO. The fraction of sp³-hybridized carbons (Fsp3) is 0.909. The molecule has 1 aliphatic rings. The van der Waals surface area contributed by atoms with Gasteiger partial charge < -0.3 is 0 Å². The number of likely N-dealkylation sites (tertiary alicyclic amines) is 1. The summed E-state index contributed by atoms with van der Waals surface area (Å²) >= 11 is 0. The Morgan fingerprint density at radius 2 is 1.92 bits per heavy atom. The maximum absolute atomic E-state index is 11.1. The van der Waals surface area contributed by atoms with E-state index in [4.69, 9.17) is 0 Å². The lowest BCUT2D eigenvalue weighted by Gasteiger charge is -2.26. The zero-order valence-corrected chi connectivity index (χ0v) is 9.63. The molecule has 1 atom stereocenters. The molecule has 1 fully saturated rings. The van der Waals surface area contributed by atoms with E-state index in [0.717, 1.165) is 13.0 Å². The summed E-state index contributed by atoms with van der Waals surface area (Å²) in [6.07, 6.45) is 2.25. The van der Waals surface area contributed by atoms with E-state index in [2.05, 4.69) is 18.7 Å². The van der Waals surface area contributed by atoms with Gasteiger partial charge in [0, 0.05) is 6.04 Å². The van der Waals surface area contributed by atoms with Crippen LogP contribution in [0.1, 0.15) is 47.5 Å². The second kappa shape index (κ2) is 6.14. The topological polar surface area (TPSA) is 20.3 Å². The number of nitrogens with zero attached hydrogens (tertiary/aromatic N) is 1. The molecule has 0 spiro atoms. The molecule has 1 saturated heterocycles. The summed E-state index contributed by atoms with van der Waals surface area (Å²) in [7, 11) is 0. The van der Waals surface area contributed by atoms with Gasteiger partial charge in [-0.3, -0.25) is 9.69 Å². The highest BCUT2D eigenvalue weighted by molar-refractivity contribution is 5.81. The second-order valence-electron chi connectivity index (χ2n) is 3.60. The Bertz CT molecular complexity index is 154. The van der Waals surface area contributed by atoms with Crippen molar-refractivity contribution in [1.82, 2.24) is 4.90 Å². The molecule has 2 nitrogen and oxygen atoms in total. The molecule has 1 rings (SSSR count). The summed E-state index contributed by atoms with van der Waals surface area (Å²) in [6.45, 7) is 11.1. The zero-order chi connectivity index (χ0) is 10.4. The molecule has 2 heteroatoms. The fourth-order valence-corrected chi connectivity index (χ4v) is 1.84. The van der Waals surface area contributed by atoms with Crippen LogP contribution < -0.4 is 0 Å². The second-order valence-corrected chi connectivity index (χ2v) is 3.60. The van der Waals surface area contributed by atoms with Crippen LogP contribution in [0.4, 0.5) is 0 Å². The minimum Gasteiger partial charge on any atom is -0.298 e. The average Bonchev–Trinajstić information content (AvgIpc) is 2.55. The van der Waals surface area contributed by atoms with E-state index in [1.54, 1.807) is 6.92 Å². The summed E-state index contributed by atoms with van der Waals surface area (Å²) in [5, 5.41) is 0. The van der Waals surface area contributed by atoms with Crippen molar-refractivity contribution in [2.45, 2.75) is 59.5 Å². The van der Waals surface area contributed by atoms with Crippen LogP contribution in [0.3, 0.4) is 0 Å². The van der Waals surface area contributed by atoms with Crippen molar-refractivity contribution >= 4 is 5.78 Å². The van der Waals surface area contributed by atoms with Gasteiger partial charge in [-0.15, -0.1) is 0 Å². The number of ketones is 1. The number of Topliss-reactive ketones (excluding diaryl/α,β-unsaturated/α-hetero) is 1. The number of rotatable bonds is 2. The Kier molecular flexibility index (Phi) is 5.97. The largest absolute Gasteiger partial charge is 0.298 e. The van der Waals surface area contributed by atoms with Crippen LogP contribution in [-0.4, -0.2) is 29.3 Å². The molecule has 1 unspecified atom stereocenters. The van der Waals surface area contributed by atoms with Gasteiger partial charge in [-0.1, -0.05) is 13.8 Å². The van der Waals surface area contributed by atoms with E-state index in [1.165, 1.54) is 6.42 Å². The molecule has 78 valence electrons. The molecule has 0 aromatic rings. The van der Waals surface area contributed by atoms with E-state index in [9.17, 15) is 4.79 Å². The predicted octanol–water partition coefficient (Wildman–Crippen LogP) is 2.47. The summed E-state index contributed by atoms with van der Waals surface area (Å²) in [5.74, 6) is 0.330. The number of hydrogen-bond donors (Lipinski definition) is 0. The van der Waals surface area contributed by atoms with Gasteiger partial charge in [0.1, 0.15) is 5.78 Å². The van der Waals surface area contributed by atoms with Crippen LogP contribution in [0, 0.1) is 0 Å². The molecule has 0 radical (unpaired) electrons. The first-order chi connectivity index (χ1) is 6.13. The molecular weight excluding hydrogens is 162 g/mol. The molecule has 13 heavy (non-hydrogen) atoms. The lowest BCUT2D eigenvalue weighted by atomic mass is 10.1. The molecule has 0 bridgehead atoms. The lowest BCUT2D eigenvalue weighted by Crippen LogP contribution is -2.39. The third-order valence-electron chi connectivity index (χ3n) is 2.43. The quantitative estimate of drug-likeness (QED) is 0.658. The minimum absolute atomic E-state index is 0.218. The van der Waals surface area contributed by atoms with Crippen molar-refractivity contribution in [2.75, 3.05) is 6.54 Å². The van der Waals surface area contributed by atoms with Gasteiger partial charge >= 0.3 is 0 Å². The molecule has 0 saturated carbocycles. The summed E-state index contributed by atoms with van der Waals surface area (Å²) in [4.78, 5) is 13.4. The monoisotopic (exact) mass is 185 g/mol. The number of hydrogen-bond acceptors (Lipinski definition) is 2. The molecule has 1 heterocycles. The third kappa shape index (κ3) is 3.47. The molecule has 0 aliphatic carbocycles. The third-order valence-corrected chi connectivity index (χ3v) is 2.43. The van der Waals surface area contributed by atoms with Crippen molar-refractivity contribution in [1.29, 1.82) is 0 Å². The maximum Gasteiger partial charge on any atom is 0.146 e. The lowest BCUT2D eigenvalue weighted by molar-refractivity contribution is -0.121. The van der Waals surface area contributed by atoms with E-state index >= 15 is 0 Å². The fourth-order valence-electron chi connectivity index (χ4n) is 1.84. The smallest absolute Gasteiger partial charge is 0.146 e. The SMILES string of the molecule is CC.CC(=O)C1CCCN1C(C)C. The highest BCUT2D eigenvalue weighted by Gasteiger charge is 2.29. The zero-order valence-electron chi connectivity index (χ0n) is 9.63. The highest BCUT2D eigenvalue weighted by Crippen LogP contribution is 2.20. The Hall–Kier alpha value is -0.370. The van der Waals surface area contributed by atoms with Crippen molar-refractivity contribution in [3.8, 4) is 0 Å². The van der Waals surface area contributed by atoms with Crippen LogP contribution in [0.5, 0.6) is 0 Å². The van der Waals surface area contributed by atoms with Crippen LogP contribution in [0.15, 0.2) is 0 Å². The van der Waals surface area contributed by atoms with Gasteiger partial charge in [0.15, 0.2) is 0 Å². The van der Waals surface area contributed by atoms with Gasteiger partial charge in [-0.2, -0.15) is 0 Å². The molecule has 0 amide bonds. The van der Waals surface area contributed by atoms with Gasteiger partial charge in [-0.25, -0.2) is 0 Å². The minimum atomic E-state index is 0.218. The molecule has 0 aromatic heterocycles. The van der Waals surface area contributed by atoms with Gasteiger partial charge in [0.25, 0.3) is 0 Å². The van der Waals surface area contributed by atoms with Crippen LogP contribution >= 0.6 is 0 Å². The maximum atomic E-state index is 11.1. The summed E-state index contributed by atoms with van der Waals surface area (Å²) in [5.41, 5.74) is 0. The number of carbonyl (C=O) groups excluding carboxylic acids is 1. The molecule has 0 N–H and O–H groups in total. The van der Waals surface area contributed by atoms with E-state index in [0.29, 0.717) is 11.8 Å². The first-order valence-corrected chi connectivity index (χ1v) is 5.39. The average molecular weight is 185 g/mol. The Balaban J connectivity index is 0.000000671. The van der Waals surface area contributed by atoms with E-state index in [1.807, 2.05) is 13.8 Å². The predicted molar refractivity (Wildman–Crippen MR) is 56.9 cm³/mol. The van der Waals surface area contributed by atoms with Crippen LogP contribution in [0.2, 0.25) is 0 Å². The normalized spacial score (nSPS) is 22.8. The van der Waals surface area contributed by atoms with Crippen LogP contribution in [0.25, 0.3) is 0 Å². The Morgan fingerprint density at radius 1 is 1.38 bits per heavy atom. The molecule has 1 aliphatic heterocycles. The van der Waals surface area contributed by atoms with Crippen molar-refractivity contribution in [3.05, 3.63) is 0 Å². The van der Waals surface area contributed by atoms with E-state index in [-0.39, 0.29) is 6.04 Å². The standard InChI is InChI=1S/C9H17NO.C2H6/c1-7(2)10-6-4-5-9(10)8(3)11;1-2/h7,9H,4-6H2,1-3H3;1-2H3. The summed E-state index contributed by atoms with van der Waals surface area (Å²) < 4.78 is 0. The highest BCUT2D eigenvalue weighted by atomic mass is 16.1. The van der Waals surface area contributed by atoms with Gasteiger partial charge in [-0.05, 0) is 40.2 Å². The van der Waals surface area contributed by atoms with Crippen LogP contribution in [-0.2, 0) is 4.79 Å². The van der Waals surface area contributed by atoms with Crippen molar-refractivity contribution in [2.24, 2.45) is 0 Å². The van der Waals surface area contributed by atoms with Crippen molar-refractivity contribution < 1.29 is 4.79 Å². The summed E-state index contributed by atoms with van der Waals surface area (Å²) in [6, 6.07) is 0.737. The van der Waals surface area contributed by atoms with Gasteiger partial charge in [0.2, 0.25) is 0 Å². The first kappa shape index (κ1) is 12.6. The number of carbonyl (C=O) groups is 1. The Labute approximate surface area is 82.3 Å².